The first-order chi connectivity index (χ1) is 12.8. The summed E-state index contributed by atoms with van der Waals surface area (Å²) in [5, 5.41) is 9.83. The van der Waals surface area contributed by atoms with Gasteiger partial charge in [-0.25, -0.2) is 0 Å². The molecule has 0 aliphatic carbocycles. The number of benzene rings is 2. The Balaban J connectivity index is 1.68. The topological polar surface area (TPSA) is 49.2 Å². The van der Waals surface area contributed by atoms with Crippen molar-refractivity contribution in [2.45, 2.75) is 24.6 Å². The van der Waals surface area contributed by atoms with Crippen LogP contribution in [0.1, 0.15) is 12.0 Å². The molecule has 6 heteroatoms. The SMILES string of the molecule is Cc1cccc(-n2c(SC[C@H]3CCOCO3)nnc2-c2ccccc2)c1. The van der Waals surface area contributed by atoms with Gasteiger partial charge in [-0.15, -0.1) is 10.2 Å². The molecular formula is C20H21N3O2S. The quantitative estimate of drug-likeness (QED) is 0.636. The number of nitrogens with zero attached hydrogens (tertiary/aromatic N) is 3. The van der Waals surface area contributed by atoms with Gasteiger partial charge in [-0.3, -0.25) is 4.57 Å². The molecule has 2 heterocycles. The van der Waals surface area contributed by atoms with Gasteiger partial charge in [0.05, 0.1) is 12.7 Å². The van der Waals surface area contributed by atoms with Gasteiger partial charge in [-0.1, -0.05) is 54.2 Å². The van der Waals surface area contributed by atoms with Gasteiger partial charge in [0.25, 0.3) is 0 Å². The summed E-state index contributed by atoms with van der Waals surface area (Å²) < 4.78 is 13.0. The minimum absolute atomic E-state index is 0.191. The van der Waals surface area contributed by atoms with E-state index in [1.165, 1.54) is 5.56 Å². The van der Waals surface area contributed by atoms with Crippen LogP contribution >= 0.6 is 11.8 Å². The lowest BCUT2D eigenvalue weighted by Gasteiger charge is -2.22. The summed E-state index contributed by atoms with van der Waals surface area (Å²) in [6.45, 7) is 3.23. The molecule has 0 unspecified atom stereocenters. The third-order valence-electron chi connectivity index (χ3n) is 4.29. The van der Waals surface area contributed by atoms with E-state index in [0.29, 0.717) is 6.79 Å². The van der Waals surface area contributed by atoms with E-state index in [1.54, 1.807) is 11.8 Å². The standard InChI is InChI=1S/C20H21N3O2S/c1-15-6-5-9-17(12-15)23-19(16-7-3-2-4-8-16)21-22-20(23)26-13-18-10-11-24-14-25-18/h2-9,12,18H,10-11,13-14H2,1H3/t18-/m1/s1. The molecule has 4 rings (SSSR count). The fourth-order valence-corrected chi connectivity index (χ4v) is 3.96. The van der Waals surface area contributed by atoms with Crippen molar-refractivity contribution in [3.63, 3.8) is 0 Å². The number of rotatable bonds is 5. The van der Waals surface area contributed by atoms with Crippen molar-refractivity contribution in [2.75, 3.05) is 19.2 Å². The third kappa shape index (κ3) is 3.82. The van der Waals surface area contributed by atoms with E-state index < -0.39 is 0 Å². The monoisotopic (exact) mass is 367 g/mol. The summed E-state index contributed by atoms with van der Waals surface area (Å²) in [4.78, 5) is 0. The molecule has 0 spiro atoms. The second kappa shape index (κ2) is 8.03. The number of aromatic nitrogens is 3. The molecule has 0 saturated carbocycles. The van der Waals surface area contributed by atoms with E-state index in [1.807, 2.05) is 18.2 Å². The average Bonchev–Trinajstić information content (AvgIpc) is 3.12. The first-order valence-corrected chi connectivity index (χ1v) is 9.70. The molecule has 0 amide bonds. The first kappa shape index (κ1) is 17.3. The van der Waals surface area contributed by atoms with Gasteiger partial charge in [-0.05, 0) is 31.0 Å². The van der Waals surface area contributed by atoms with Crippen LogP contribution in [0.4, 0.5) is 0 Å². The van der Waals surface area contributed by atoms with Crippen molar-refractivity contribution in [1.82, 2.24) is 14.8 Å². The summed E-state index contributed by atoms with van der Waals surface area (Å²) in [5.41, 5.74) is 3.33. The van der Waals surface area contributed by atoms with E-state index in [4.69, 9.17) is 9.47 Å². The Kier molecular flexibility index (Phi) is 5.34. The molecule has 0 radical (unpaired) electrons. The molecule has 1 aliphatic heterocycles. The second-order valence-corrected chi connectivity index (χ2v) is 7.25. The summed E-state index contributed by atoms with van der Waals surface area (Å²) in [5.74, 6) is 1.69. The number of hydrogen-bond donors (Lipinski definition) is 0. The van der Waals surface area contributed by atoms with Crippen molar-refractivity contribution in [3.05, 3.63) is 60.2 Å². The molecule has 2 aromatic carbocycles. The summed E-state index contributed by atoms with van der Waals surface area (Å²) in [6.07, 6.45) is 1.11. The van der Waals surface area contributed by atoms with Gasteiger partial charge in [0.1, 0.15) is 6.79 Å². The summed E-state index contributed by atoms with van der Waals surface area (Å²) in [6, 6.07) is 18.6. The maximum Gasteiger partial charge on any atom is 0.196 e. The Hall–Kier alpha value is -2.15. The average molecular weight is 367 g/mol. The first-order valence-electron chi connectivity index (χ1n) is 8.71. The van der Waals surface area contributed by atoms with E-state index in [2.05, 4.69) is 58.1 Å². The molecule has 26 heavy (non-hydrogen) atoms. The van der Waals surface area contributed by atoms with Crippen LogP contribution in [0, 0.1) is 6.92 Å². The van der Waals surface area contributed by atoms with Gasteiger partial charge < -0.3 is 9.47 Å². The van der Waals surface area contributed by atoms with E-state index in [-0.39, 0.29) is 6.10 Å². The normalized spacial score (nSPS) is 17.3. The van der Waals surface area contributed by atoms with Crippen LogP contribution in [0.2, 0.25) is 0 Å². The van der Waals surface area contributed by atoms with Crippen LogP contribution in [0.25, 0.3) is 17.1 Å². The van der Waals surface area contributed by atoms with Gasteiger partial charge in [0.15, 0.2) is 11.0 Å². The zero-order valence-electron chi connectivity index (χ0n) is 14.7. The maximum atomic E-state index is 5.66. The lowest BCUT2D eigenvalue weighted by Crippen LogP contribution is -2.25. The van der Waals surface area contributed by atoms with E-state index in [0.717, 1.165) is 41.0 Å². The Bertz CT molecular complexity index is 861. The molecular weight excluding hydrogens is 346 g/mol. The summed E-state index contributed by atoms with van der Waals surface area (Å²) in [7, 11) is 0. The Morgan fingerprint density at radius 1 is 1.12 bits per heavy atom. The predicted molar refractivity (Wildman–Crippen MR) is 103 cm³/mol. The van der Waals surface area contributed by atoms with Crippen LogP contribution in [-0.4, -0.2) is 40.0 Å². The van der Waals surface area contributed by atoms with Crippen molar-refractivity contribution < 1.29 is 9.47 Å². The predicted octanol–water partition coefficient (Wildman–Crippen LogP) is 4.10. The highest BCUT2D eigenvalue weighted by atomic mass is 32.2. The largest absolute Gasteiger partial charge is 0.355 e. The number of aryl methyl sites for hydroxylation is 1. The van der Waals surface area contributed by atoms with Gasteiger partial charge in [0, 0.05) is 17.0 Å². The van der Waals surface area contributed by atoms with Crippen LogP contribution in [-0.2, 0) is 9.47 Å². The molecule has 1 fully saturated rings. The smallest absolute Gasteiger partial charge is 0.196 e. The van der Waals surface area contributed by atoms with E-state index >= 15 is 0 Å². The Morgan fingerprint density at radius 2 is 2.00 bits per heavy atom. The van der Waals surface area contributed by atoms with Gasteiger partial charge in [-0.2, -0.15) is 0 Å². The van der Waals surface area contributed by atoms with Crippen molar-refractivity contribution >= 4 is 11.8 Å². The lowest BCUT2D eigenvalue weighted by atomic mass is 10.2. The third-order valence-corrected chi connectivity index (χ3v) is 5.36. The number of hydrogen-bond acceptors (Lipinski definition) is 5. The summed E-state index contributed by atoms with van der Waals surface area (Å²) >= 11 is 1.68. The van der Waals surface area contributed by atoms with Gasteiger partial charge >= 0.3 is 0 Å². The number of thioether (sulfide) groups is 1. The minimum atomic E-state index is 0.191. The fourth-order valence-electron chi connectivity index (χ4n) is 2.94. The van der Waals surface area contributed by atoms with E-state index in [9.17, 15) is 0 Å². The molecule has 1 aliphatic rings. The molecule has 1 aromatic heterocycles. The molecule has 3 aromatic rings. The maximum absolute atomic E-state index is 5.66. The Labute approximate surface area is 157 Å². The molecule has 1 atom stereocenters. The van der Waals surface area contributed by atoms with Crippen LogP contribution < -0.4 is 0 Å². The second-order valence-electron chi connectivity index (χ2n) is 6.26. The van der Waals surface area contributed by atoms with Gasteiger partial charge in [0.2, 0.25) is 0 Å². The molecule has 134 valence electrons. The number of ether oxygens (including phenoxy) is 2. The fraction of sp³-hybridized carbons (Fsp3) is 0.300. The highest BCUT2D eigenvalue weighted by molar-refractivity contribution is 7.99. The molecule has 0 N–H and O–H groups in total. The zero-order valence-corrected chi connectivity index (χ0v) is 15.5. The van der Waals surface area contributed by atoms with Crippen LogP contribution in [0.3, 0.4) is 0 Å². The Morgan fingerprint density at radius 3 is 2.77 bits per heavy atom. The van der Waals surface area contributed by atoms with Crippen molar-refractivity contribution in [3.8, 4) is 17.1 Å². The molecule has 5 nitrogen and oxygen atoms in total. The molecule has 0 bridgehead atoms. The molecule has 1 saturated heterocycles. The highest BCUT2D eigenvalue weighted by Gasteiger charge is 2.19. The van der Waals surface area contributed by atoms with Crippen LogP contribution in [0.15, 0.2) is 59.8 Å². The lowest BCUT2D eigenvalue weighted by molar-refractivity contribution is -0.130. The minimum Gasteiger partial charge on any atom is -0.355 e. The van der Waals surface area contributed by atoms with Crippen LogP contribution in [0.5, 0.6) is 0 Å². The zero-order chi connectivity index (χ0) is 17.8. The van der Waals surface area contributed by atoms with Crippen molar-refractivity contribution in [2.24, 2.45) is 0 Å². The van der Waals surface area contributed by atoms with Crippen molar-refractivity contribution in [1.29, 1.82) is 0 Å². The highest BCUT2D eigenvalue weighted by Crippen LogP contribution is 2.29.